The Morgan fingerprint density at radius 1 is 0.902 bits per heavy atom. The van der Waals surface area contributed by atoms with Crippen molar-refractivity contribution in [3.05, 3.63) is 0 Å². The number of nitrogens with zero attached hydrogens (tertiary/aromatic N) is 1. The van der Waals surface area contributed by atoms with Crippen LogP contribution >= 0.6 is 0 Å². The zero-order valence-electron chi connectivity index (χ0n) is 23.3. The Labute approximate surface area is 235 Å². The molecule has 0 aliphatic carbocycles. The molecule has 0 saturated carbocycles. The maximum Gasteiger partial charge on any atom is 0.413 e. The molecule has 41 heavy (non-hydrogen) atoms. The monoisotopic (exact) mass is 592 g/mol. The highest BCUT2D eigenvalue weighted by Gasteiger charge is 2.53. The number of nitrogens with two attached hydrogens (primary N) is 1. The van der Waals surface area contributed by atoms with Crippen molar-refractivity contribution in [3.8, 4) is 0 Å². The quantitative estimate of drug-likeness (QED) is 0.0494. The number of hydroxylamine groups is 1. The molecular weight excluding hydrogens is 556 g/mol. The molecule has 0 bridgehead atoms. The number of alkyl carbamates (subject to hydrolysis) is 1. The lowest BCUT2D eigenvalue weighted by molar-refractivity contribution is -0.316. The fourth-order valence-corrected chi connectivity index (χ4v) is 3.38. The first-order valence-electron chi connectivity index (χ1n) is 12.4. The maximum atomic E-state index is 12.0. The number of nitrogens with one attached hydrogen (secondary N) is 2. The van der Waals surface area contributed by atoms with Crippen LogP contribution in [0.2, 0.25) is 0 Å². The number of guanidine groups is 1. The minimum absolute atomic E-state index is 0.0162. The fraction of sp³-hybridized carbons (Fsp3) is 0.696. The number of hydrogen-bond donors (Lipinski definition) is 4. The van der Waals surface area contributed by atoms with Gasteiger partial charge in [0.25, 0.3) is 0 Å². The maximum absolute atomic E-state index is 12.0. The van der Waals surface area contributed by atoms with Crippen LogP contribution in [0, 0.1) is 0 Å². The summed E-state index contributed by atoms with van der Waals surface area (Å²) in [4.78, 5) is 79.6. The molecule has 1 heterocycles. The van der Waals surface area contributed by atoms with Gasteiger partial charge in [-0.3, -0.25) is 34.3 Å². The van der Waals surface area contributed by atoms with E-state index in [-0.39, 0.29) is 32.0 Å². The van der Waals surface area contributed by atoms with E-state index in [2.05, 4.69) is 15.8 Å². The molecule has 0 aromatic heterocycles. The van der Waals surface area contributed by atoms with E-state index in [1.54, 1.807) is 6.92 Å². The van der Waals surface area contributed by atoms with Crippen LogP contribution in [-0.2, 0) is 57.2 Å². The van der Waals surface area contributed by atoms with Gasteiger partial charge in [0.05, 0.1) is 6.61 Å². The normalized spacial score (nSPS) is 22.9. The van der Waals surface area contributed by atoms with E-state index in [1.165, 1.54) is 0 Å². The first-order chi connectivity index (χ1) is 19.2. The summed E-state index contributed by atoms with van der Waals surface area (Å²) in [6, 6.07) is -1.12. The summed E-state index contributed by atoms with van der Waals surface area (Å²) < 4.78 is 31.4. The number of esters is 4. The van der Waals surface area contributed by atoms with E-state index in [0.717, 1.165) is 27.7 Å². The van der Waals surface area contributed by atoms with E-state index in [4.69, 9.17) is 44.1 Å². The summed E-state index contributed by atoms with van der Waals surface area (Å²) in [5, 5.41) is 11.2. The van der Waals surface area contributed by atoms with Gasteiger partial charge in [-0.15, -0.1) is 0 Å². The summed E-state index contributed by atoms with van der Waals surface area (Å²) in [6.45, 7) is 5.39. The molecule has 1 fully saturated rings. The van der Waals surface area contributed by atoms with E-state index in [1.807, 2.05) is 0 Å². The van der Waals surface area contributed by atoms with Crippen molar-refractivity contribution in [2.75, 3.05) is 19.8 Å². The molecule has 0 unspecified atom stereocenters. The second-order valence-corrected chi connectivity index (χ2v) is 8.45. The lowest BCUT2D eigenvalue weighted by atomic mass is 9.98. The minimum atomic E-state index is -1.62. The Hall–Kier alpha value is -4.03. The van der Waals surface area contributed by atoms with Crippen molar-refractivity contribution in [2.24, 2.45) is 10.7 Å². The highest BCUT2D eigenvalue weighted by molar-refractivity contribution is 5.93. The topological polar surface area (TPSA) is 250 Å². The molecule has 6 atom stereocenters. The van der Waals surface area contributed by atoms with Gasteiger partial charge >= 0.3 is 35.9 Å². The van der Waals surface area contributed by atoms with Crippen LogP contribution in [0.5, 0.6) is 0 Å². The van der Waals surface area contributed by atoms with Crippen LogP contribution in [0.4, 0.5) is 4.79 Å². The smallest absolute Gasteiger partial charge is 0.413 e. The van der Waals surface area contributed by atoms with Crippen LogP contribution in [0.15, 0.2) is 4.99 Å². The summed E-state index contributed by atoms with van der Waals surface area (Å²) >= 11 is 0. The predicted octanol–water partition coefficient (Wildman–Crippen LogP) is -1.12. The molecule has 1 saturated heterocycles. The van der Waals surface area contributed by atoms with Gasteiger partial charge in [0, 0.05) is 34.2 Å². The van der Waals surface area contributed by atoms with Crippen LogP contribution in [0.1, 0.15) is 47.5 Å². The number of carboxylic acid groups (broad SMARTS) is 1. The molecule has 1 rings (SSSR count). The van der Waals surface area contributed by atoms with Gasteiger partial charge in [-0.1, -0.05) is 0 Å². The molecule has 0 spiro atoms. The van der Waals surface area contributed by atoms with E-state index in [0.29, 0.717) is 0 Å². The Balaban J connectivity index is 3.28. The van der Waals surface area contributed by atoms with Crippen molar-refractivity contribution in [3.63, 3.8) is 0 Å². The van der Waals surface area contributed by atoms with E-state index < -0.39 is 79.3 Å². The zero-order chi connectivity index (χ0) is 31.1. The van der Waals surface area contributed by atoms with Crippen LogP contribution in [-0.4, -0.2) is 104 Å². The van der Waals surface area contributed by atoms with Gasteiger partial charge in [0.2, 0.25) is 12.2 Å². The van der Waals surface area contributed by atoms with Crippen LogP contribution < -0.4 is 16.5 Å². The van der Waals surface area contributed by atoms with Gasteiger partial charge < -0.3 is 39.3 Å². The molecule has 1 aliphatic heterocycles. The fourth-order valence-electron chi connectivity index (χ4n) is 3.38. The Morgan fingerprint density at radius 3 is 2.02 bits per heavy atom. The Kier molecular flexibility index (Phi) is 15.0. The SMILES string of the molecule is CCOC(=O)NC(=NCCC[C@H](N)C(=O)O)NO[C@@H]1O[C@H](COC(C)=O)[C@H](OC(C)=O)[C@H](OC(C)=O)[C@H]1OC(C)=O. The zero-order valence-corrected chi connectivity index (χ0v) is 23.3. The van der Waals surface area contributed by atoms with Crippen molar-refractivity contribution >= 4 is 41.9 Å². The van der Waals surface area contributed by atoms with Gasteiger partial charge in [0.15, 0.2) is 18.3 Å². The third kappa shape index (κ3) is 13.3. The average Bonchev–Trinajstić information content (AvgIpc) is 2.85. The Morgan fingerprint density at radius 2 is 1.49 bits per heavy atom. The lowest BCUT2D eigenvalue weighted by Gasteiger charge is -2.43. The van der Waals surface area contributed by atoms with Crippen LogP contribution in [0.3, 0.4) is 0 Å². The van der Waals surface area contributed by atoms with Crippen molar-refractivity contribution in [2.45, 2.75) is 84.2 Å². The highest BCUT2D eigenvalue weighted by atomic mass is 16.8. The number of aliphatic carboxylic acids is 1. The Bertz CT molecular complexity index is 974. The number of carbonyl (C=O) groups excluding carboxylic acids is 5. The third-order valence-corrected chi connectivity index (χ3v) is 4.98. The van der Waals surface area contributed by atoms with Crippen molar-refractivity contribution < 1.29 is 67.1 Å². The molecule has 232 valence electrons. The van der Waals surface area contributed by atoms with Gasteiger partial charge in [-0.25, -0.2) is 15.1 Å². The highest BCUT2D eigenvalue weighted by Crippen LogP contribution is 2.29. The largest absolute Gasteiger partial charge is 0.480 e. The summed E-state index contributed by atoms with van der Waals surface area (Å²) in [5.41, 5.74) is 7.80. The summed E-state index contributed by atoms with van der Waals surface area (Å²) in [7, 11) is 0. The third-order valence-electron chi connectivity index (χ3n) is 4.98. The van der Waals surface area contributed by atoms with E-state index >= 15 is 0 Å². The molecule has 0 aromatic rings. The molecule has 18 nitrogen and oxygen atoms in total. The minimum Gasteiger partial charge on any atom is -0.480 e. The van der Waals surface area contributed by atoms with Gasteiger partial charge in [0.1, 0.15) is 18.8 Å². The summed E-state index contributed by atoms with van der Waals surface area (Å²) in [5.74, 6) is -4.71. The molecule has 1 amide bonds. The molecule has 5 N–H and O–H groups in total. The second kappa shape index (κ2) is 17.6. The molecule has 0 aromatic carbocycles. The molecule has 1 aliphatic rings. The lowest BCUT2D eigenvalue weighted by Crippen LogP contribution is -2.64. The van der Waals surface area contributed by atoms with Gasteiger partial charge in [-0.2, -0.15) is 0 Å². The summed E-state index contributed by atoms with van der Waals surface area (Å²) in [6.07, 6.45) is -7.97. The van der Waals surface area contributed by atoms with Crippen molar-refractivity contribution in [1.29, 1.82) is 0 Å². The average molecular weight is 593 g/mol. The molecule has 18 heteroatoms. The number of rotatable bonds is 13. The van der Waals surface area contributed by atoms with Crippen molar-refractivity contribution in [1.82, 2.24) is 10.8 Å². The first-order valence-corrected chi connectivity index (χ1v) is 12.4. The number of carboxylic acids is 1. The number of amides is 1. The number of hydrogen-bond acceptors (Lipinski definition) is 15. The predicted molar refractivity (Wildman–Crippen MR) is 133 cm³/mol. The molecule has 0 radical (unpaired) electrons. The number of ether oxygens (including phenoxy) is 6. The molecular formula is C23H36N4O14. The standard InChI is InChI=1S/C23H36N4O14/c1-6-35-23(34)26-22(25-9-7-8-15(24)20(32)33)27-41-21-19(39-14(5)31)18(38-13(4)30)17(37-12(3)29)16(40-21)10-36-11(2)28/h15-19,21H,6-10,24H2,1-5H3,(H,32,33)(H2,25,26,27,34)/t15-,16+,17-,18-,19+,21-/m0/s1. The second-order valence-electron chi connectivity index (χ2n) is 8.45. The van der Waals surface area contributed by atoms with E-state index in [9.17, 15) is 28.8 Å². The van der Waals surface area contributed by atoms with Gasteiger partial charge in [-0.05, 0) is 19.8 Å². The van der Waals surface area contributed by atoms with Crippen LogP contribution in [0.25, 0.3) is 0 Å². The number of carbonyl (C=O) groups is 6. The number of aliphatic imine (C=N–C) groups is 1. The first kappa shape index (κ1) is 35.0.